The molecule has 0 spiro atoms. The van der Waals surface area contributed by atoms with Crippen LogP contribution in [0.5, 0.6) is 0 Å². The van der Waals surface area contributed by atoms with Gasteiger partial charge in [0.15, 0.2) is 0 Å². The molecule has 0 saturated carbocycles. The summed E-state index contributed by atoms with van der Waals surface area (Å²) in [5.41, 5.74) is 4.86. The van der Waals surface area contributed by atoms with E-state index in [9.17, 15) is 22.7 Å². The number of carbonyl (C=O) groups excluding carboxylic acids is 1. The summed E-state index contributed by atoms with van der Waals surface area (Å²) in [5, 5.41) is 19.8. The summed E-state index contributed by atoms with van der Waals surface area (Å²) >= 11 is 0. The normalized spacial score (nSPS) is 17.6. The SMILES string of the molecule is CS(=O)(=O)NCCCCCc1ccc(N2C(=O)[C@H](CC[C@H](O)c3ccc(F)cc3)[C@H]2c2ccc(CCCCO)cc2)cc1. The molecule has 3 atom stereocenters. The van der Waals surface area contributed by atoms with Crippen molar-refractivity contribution in [1.82, 2.24) is 4.72 Å². The minimum Gasteiger partial charge on any atom is -0.396 e. The highest BCUT2D eigenvalue weighted by Gasteiger charge is 2.48. The van der Waals surface area contributed by atoms with Crippen LogP contribution >= 0.6 is 0 Å². The molecule has 232 valence electrons. The van der Waals surface area contributed by atoms with Crippen LogP contribution in [0.4, 0.5) is 10.1 Å². The Kier molecular flexibility index (Phi) is 11.9. The summed E-state index contributed by atoms with van der Waals surface area (Å²) in [6, 6.07) is 22.1. The Bertz CT molecular complexity index is 1410. The average Bonchev–Trinajstić information content (AvgIpc) is 2.98. The predicted octanol–water partition coefficient (Wildman–Crippen LogP) is 5.62. The number of hydrogen-bond acceptors (Lipinski definition) is 5. The highest BCUT2D eigenvalue weighted by Crippen LogP contribution is 2.46. The lowest BCUT2D eigenvalue weighted by atomic mass is 9.78. The van der Waals surface area contributed by atoms with Crippen LogP contribution in [-0.2, 0) is 27.7 Å². The van der Waals surface area contributed by atoms with Crippen molar-refractivity contribution in [3.63, 3.8) is 0 Å². The number of halogens is 1. The van der Waals surface area contributed by atoms with Crippen LogP contribution < -0.4 is 9.62 Å². The fourth-order valence-electron chi connectivity index (χ4n) is 5.72. The molecule has 1 amide bonds. The van der Waals surface area contributed by atoms with Gasteiger partial charge in [-0.2, -0.15) is 0 Å². The first-order chi connectivity index (χ1) is 20.7. The van der Waals surface area contributed by atoms with Gasteiger partial charge in [-0.1, -0.05) is 55.0 Å². The molecule has 4 rings (SSSR count). The molecule has 0 radical (unpaired) electrons. The summed E-state index contributed by atoms with van der Waals surface area (Å²) in [7, 11) is -3.15. The highest BCUT2D eigenvalue weighted by molar-refractivity contribution is 7.88. The summed E-state index contributed by atoms with van der Waals surface area (Å²) in [6.07, 6.45) is 7.36. The number of carbonyl (C=O) groups is 1. The van der Waals surface area contributed by atoms with Gasteiger partial charge in [0.2, 0.25) is 15.9 Å². The molecule has 43 heavy (non-hydrogen) atoms. The van der Waals surface area contributed by atoms with E-state index in [1.54, 1.807) is 12.1 Å². The van der Waals surface area contributed by atoms with Crippen molar-refractivity contribution in [3.8, 4) is 0 Å². The van der Waals surface area contributed by atoms with Gasteiger partial charge in [0.25, 0.3) is 0 Å². The smallest absolute Gasteiger partial charge is 0.233 e. The number of hydrogen-bond donors (Lipinski definition) is 3. The van der Waals surface area contributed by atoms with E-state index in [2.05, 4.69) is 29.0 Å². The van der Waals surface area contributed by atoms with E-state index < -0.39 is 16.1 Å². The van der Waals surface area contributed by atoms with Gasteiger partial charge in [-0.25, -0.2) is 17.5 Å². The zero-order valence-corrected chi connectivity index (χ0v) is 25.6. The number of aliphatic hydroxyl groups excluding tert-OH is 2. The maximum Gasteiger partial charge on any atom is 0.233 e. The maximum absolute atomic E-state index is 13.5. The van der Waals surface area contributed by atoms with Gasteiger partial charge in [-0.05, 0) is 97.9 Å². The van der Waals surface area contributed by atoms with Crippen LogP contribution in [0, 0.1) is 11.7 Å². The number of β-lactam (4-membered cyclic amide) rings is 1. The van der Waals surface area contributed by atoms with E-state index in [0.717, 1.165) is 68.0 Å². The summed E-state index contributed by atoms with van der Waals surface area (Å²) in [4.78, 5) is 15.4. The second kappa shape index (κ2) is 15.6. The zero-order valence-electron chi connectivity index (χ0n) is 24.8. The van der Waals surface area contributed by atoms with Gasteiger partial charge >= 0.3 is 0 Å². The summed E-state index contributed by atoms with van der Waals surface area (Å²) in [6.45, 7) is 0.631. The molecule has 1 aliphatic heterocycles. The fraction of sp³-hybridized carbons (Fsp3) is 0.441. The summed E-state index contributed by atoms with van der Waals surface area (Å²) < 4.78 is 38.2. The van der Waals surface area contributed by atoms with Crippen LogP contribution in [-0.4, -0.2) is 43.9 Å². The van der Waals surface area contributed by atoms with Crippen molar-refractivity contribution in [2.45, 2.75) is 69.9 Å². The Labute approximate surface area is 254 Å². The minimum absolute atomic E-state index is 0.0226. The van der Waals surface area contributed by atoms with E-state index in [-0.39, 0.29) is 30.3 Å². The number of nitrogens with one attached hydrogen (secondary N) is 1. The van der Waals surface area contributed by atoms with Crippen LogP contribution in [0.15, 0.2) is 72.8 Å². The lowest BCUT2D eigenvalue weighted by molar-refractivity contribution is -0.131. The molecule has 3 N–H and O–H groups in total. The van der Waals surface area contributed by atoms with Gasteiger partial charge in [-0.3, -0.25) is 4.79 Å². The lowest BCUT2D eigenvalue weighted by Crippen LogP contribution is -2.55. The van der Waals surface area contributed by atoms with Crippen LogP contribution in [0.25, 0.3) is 0 Å². The molecule has 3 aromatic carbocycles. The first kappa shape index (κ1) is 32.8. The number of amides is 1. The number of sulfonamides is 1. The molecule has 1 heterocycles. The van der Waals surface area contributed by atoms with E-state index in [1.165, 1.54) is 17.7 Å². The quantitative estimate of drug-likeness (QED) is 0.136. The van der Waals surface area contributed by atoms with Crippen molar-refractivity contribution in [2.75, 3.05) is 24.3 Å². The van der Waals surface area contributed by atoms with E-state index >= 15 is 0 Å². The molecule has 0 unspecified atom stereocenters. The molecule has 1 aliphatic rings. The molecular weight excluding hydrogens is 567 g/mol. The van der Waals surface area contributed by atoms with Gasteiger partial charge in [0.05, 0.1) is 24.3 Å². The Morgan fingerprint density at radius 3 is 2.07 bits per heavy atom. The molecule has 3 aromatic rings. The highest BCUT2D eigenvalue weighted by atomic mass is 32.2. The van der Waals surface area contributed by atoms with Gasteiger partial charge < -0.3 is 15.1 Å². The topological polar surface area (TPSA) is 107 Å². The minimum atomic E-state index is -3.15. The standard InChI is InChI=1S/C34H43FN2O5S/c1-43(41,42)36-23-5-2-3-7-26-11-19-30(20-12-26)37-33(28-13-9-25(10-14-28)8-4-6-24-38)31(34(37)40)21-22-32(39)27-15-17-29(35)18-16-27/h9-20,31-33,36,38-39H,2-8,21-24H2,1H3/t31-,32+,33-/m1/s1. The third-order valence-corrected chi connectivity index (χ3v) is 8.86. The Morgan fingerprint density at radius 1 is 0.860 bits per heavy atom. The van der Waals surface area contributed by atoms with Crippen LogP contribution in [0.1, 0.15) is 79.3 Å². The van der Waals surface area contributed by atoms with Crippen molar-refractivity contribution in [1.29, 1.82) is 0 Å². The Hall–Kier alpha value is -3.11. The zero-order chi connectivity index (χ0) is 30.8. The van der Waals surface area contributed by atoms with Crippen molar-refractivity contribution >= 4 is 21.6 Å². The van der Waals surface area contributed by atoms with E-state index in [0.29, 0.717) is 24.9 Å². The molecule has 9 heteroatoms. The van der Waals surface area contributed by atoms with Gasteiger partial charge in [0.1, 0.15) is 5.82 Å². The number of aryl methyl sites for hydroxylation is 2. The lowest BCUT2D eigenvalue weighted by Gasteiger charge is -2.48. The number of anilines is 1. The van der Waals surface area contributed by atoms with Crippen molar-refractivity contribution in [3.05, 3.63) is 101 Å². The van der Waals surface area contributed by atoms with Gasteiger partial charge in [-0.15, -0.1) is 0 Å². The van der Waals surface area contributed by atoms with Crippen LogP contribution in [0.3, 0.4) is 0 Å². The molecule has 1 fully saturated rings. The Morgan fingerprint density at radius 2 is 1.47 bits per heavy atom. The molecule has 0 bridgehead atoms. The largest absolute Gasteiger partial charge is 0.396 e. The van der Waals surface area contributed by atoms with Crippen molar-refractivity contribution in [2.24, 2.45) is 5.92 Å². The molecular formula is C34H43FN2O5S. The molecule has 7 nitrogen and oxygen atoms in total. The number of unbranched alkanes of at least 4 members (excludes halogenated alkanes) is 3. The number of rotatable bonds is 17. The Balaban J connectivity index is 1.42. The predicted molar refractivity (Wildman–Crippen MR) is 168 cm³/mol. The third kappa shape index (κ3) is 9.44. The average molecular weight is 611 g/mol. The number of aliphatic hydroxyl groups is 2. The fourth-order valence-corrected chi connectivity index (χ4v) is 6.24. The number of benzene rings is 3. The second-order valence-electron chi connectivity index (χ2n) is 11.5. The second-order valence-corrected chi connectivity index (χ2v) is 13.3. The third-order valence-electron chi connectivity index (χ3n) is 8.14. The monoisotopic (exact) mass is 610 g/mol. The first-order valence-electron chi connectivity index (χ1n) is 15.2. The van der Waals surface area contributed by atoms with E-state index in [1.807, 2.05) is 29.2 Å². The number of nitrogens with zero attached hydrogens (tertiary/aromatic N) is 1. The maximum atomic E-state index is 13.5. The molecule has 1 saturated heterocycles. The molecule has 0 aliphatic carbocycles. The van der Waals surface area contributed by atoms with E-state index in [4.69, 9.17) is 5.11 Å². The van der Waals surface area contributed by atoms with Crippen LogP contribution in [0.2, 0.25) is 0 Å². The first-order valence-corrected chi connectivity index (χ1v) is 17.1. The van der Waals surface area contributed by atoms with Gasteiger partial charge in [0, 0.05) is 18.8 Å². The summed E-state index contributed by atoms with van der Waals surface area (Å²) in [5.74, 6) is -0.612. The van der Waals surface area contributed by atoms with Crippen molar-refractivity contribution < 1.29 is 27.8 Å². The molecule has 0 aromatic heterocycles.